The molecule has 0 spiro atoms. The molecule has 0 aliphatic carbocycles. The Morgan fingerprint density at radius 2 is 1.92 bits per heavy atom. The summed E-state index contributed by atoms with van der Waals surface area (Å²) in [5.74, 6) is -1.20. The molecule has 5 nitrogen and oxygen atoms in total. The number of nitrogens with two attached hydrogens (primary N) is 1. The molecule has 68 valence electrons. The van der Waals surface area contributed by atoms with Gasteiger partial charge in [0.25, 0.3) is 0 Å². The maximum absolute atomic E-state index is 10.6. The summed E-state index contributed by atoms with van der Waals surface area (Å²) in [5.41, 5.74) is 5.07. The van der Waals surface area contributed by atoms with Crippen molar-refractivity contribution in [3.63, 3.8) is 0 Å². The van der Waals surface area contributed by atoms with E-state index in [1.54, 1.807) is 0 Å². The number of carbonyl (C=O) groups excluding carboxylic acids is 2. The van der Waals surface area contributed by atoms with Gasteiger partial charge in [0.1, 0.15) is 6.61 Å². The van der Waals surface area contributed by atoms with E-state index >= 15 is 0 Å². The predicted octanol–water partition coefficient (Wildman–Crippen LogP) is -0.782. The van der Waals surface area contributed by atoms with E-state index in [-0.39, 0.29) is 13.2 Å². The van der Waals surface area contributed by atoms with E-state index in [1.807, 2.05) is 0 Å². The third-order valence-corrected chi connectivity index (χ3v) is 0.919. The quantitative estimate of drug-likeness (QED) is 0.445. The first-order chi connectivity index (χ1) is 5.70. The first-order valence-corrected chi connectivity index (χ1v) is 3.33. The SMILES string of the molecule is COC(=O)/C=C\C(=O)OCCN. The highest BCUT2D eigenvalue weighted by atomic mass is 16.5. The number of methoxy groups -OCH3 is 1. The zero-order valence-electron chi connectivity index (χ0n) is 6.78. The zero-order chi connectivity index (χ0) is 9.40. The Kier molecular flexibility index (Phi) is 5.64. The molecule has 0 aliphatic heterocycles. The Morgan fingerprint density at radius 3 is 2.42 bits per heavy atom. The van der Waals surface area contributed by atoms with Crippen LogP contribution in [0.25, 0.3) is 0 Å². The van der Waals surface area contributed by atoms with Crippen molar-refractivity contribution in [1.29, 1.82) is 0 Å². The molecule has 0 aromatic rings. The molecule has 5 heteroatoms. The van der Waals surface area contributed by atoms with Gasteiger partial charge in [-0.1, -0.05) is 0 Å². The van der Waals surface area contributed by atoms with Crippen LogP contribution in [0, 0.1) is 0 Å². The summed E-state index contributed by atoms with van der Waals surface area (Å²) in [5, 5.41) is 0. The van der Waals surface area contributed by atoms with Crippen LogP contribution in [0.5, 0.6) is 0 Å². The highest BCUT2D eigenvalue weighted by Crippen LogP contribution is 1.82. The van der Waals surface area contributed by atoms with E-state index in [9.17, 15) is 9.59 Å². The Morgan fingerprint density at radius 1 is 1.33 bits per heavy atom. The summed E-state index contributed by atoms with van der Waals surface area (Å²) in [6, 6.07) is 0. The van der Waals surface area contributed by atoms with Crippen LogP contribution >= 0.6 is 0 Å². The highest BCUT2D eigenvalue weighted by Gasteiger charge is 1.97. The van der Waals surface area contributed by atoms with E-state index in [4.69, 9.17) is 5.73 Å². The molecule has 0 rings (SSSR count). The van der Waals surface area contributed by atoms with Gasteiger partial charge in [0.15, 0.2) is 0 Å². The Labute approximate surface area is 70.1 Å². The van der Waals surface area contributed by atoms with Crippen molar-refractivity contribution in [1.82, 2.24) is 0 Å². The fraction of sp³-hybridized carbons (Fsp3) is 0.429. The van der Waals surface area contributed by atoms with Crippen molar-refractivity contribution in [2.45, 2.75) is 0 Å². The molecular formula is C7H11NO4. The van der Waals surface area contributed by atoms with Crippen molar-refractivity contribution in [3.8, 4) is 0 Å². The van der Waals surface area contributed by atoms with Crippen LogP contribution in [0.4, 0.5) is 0 Å². The van der Waals surface area contributed by atoms with Gasteiger partial charge in [-0.2, -0.15) is 0 Å². The lowest BCUT2D eigenvalue weighted by molar-refractivity contribution is -0.139. The minimum absolute atomic E-state index is 0.143. The maximum Gasteiger partial charge on any atom is 0.331 e. The zero-order valence-corrected chi connectivity index (χ0v) is 6.78. The van der Waals surface area contributed by atoms with Gasteiger partial charge in [-0.15, -0.1) is 0 Å². The van der Waals surface area contributed by atoms with E-state index in [2.05, 4.69) is 9.47 Å². The molecule has 2 N–H and O–H groups in total. The van der Waals surface area contributed by atoms with Gasteiger partial charge in [0, 0.05) is 18.7 Å². The molecule has 0 bridgehead atoms. The number of hydrogen-bond donors (Lipinski definition) is 1. The summed E-state index contributed by atoms with van der Waals surface area (Å²) >= 11 is 0. The molecule has 0 aliphatic rings. The van der Waals surface area contributed by atoms with Crippen molar-refractivity contribution in [2.75, 3.05) is 20.3 Å². The second-order valence-corrected chi connectivity index (χ2v) is 1.81. The highest BCUT2D eigenvalue weighted by molar-refractivity contribution is 5.91. The summed E-state index contributed by atoms with van der Waals surface area (Å²) < 4.78 is 8.77. The number of carbonyl (C=O) groups is 2. The number of hydrogen-bond acceptors (Lipinski definition) is 5. The van der Waals surface area contributed by atoms with Gasteiger partial charge < -0.3 is 15.2 Å². The van der Waals surface area contributed by atoms with Crippen LogP contribution in [0.15, 0.2) is 12.2 Å². The van der Waals surface area contributed by atoms with Gasteiger partial charge in [-0.05, 0) is 0 Å². The Balaban J connectivity index is 3.67. The van der Waals surface area contributed by atoms with Crippen LogP contribution in [0.3, 0.4) is 0 Å². The Hall–Kier alpha value is -1.36. The summed E-state index contributed by atoms with van der Waals surface area (Å²) in [4.78, 5) is 21.1. The van der Waals surface area contributed by atoms with E-state index in [1.165, 1.54) is 7.11 Å². The van der Waals surface area contributed by atoms with Crippen LogP contribution in [0.1, 0.15) is 0 Å². The van der Waals surface area contributed by atoms with Gasteiger partial charge in [0.05, 0.1) is 7.11 Å². The van der Waals surface area contributed by atoms with Crippen molar-refractivity contribution < 1.29 is 19.1 Å². The molecule has 0 saturated heterocycles. The lowest BCUT2D eigenvalue weighted by Crippen LogP contribution is -2.12. The van der Waals surface area contributed by atoms with Gasteiger partial charge in [0.2, 0.25) is 0 Å². The molecule has 0 aromatic carbocycles. The first-order valence-electron chi connectivity index (χ1n) is 3.33. The molecule has 0 fully saturated rings. The van der Waals surface area contributed by atoms with Crippen molar-refractivity contribution in [3.05, 3.63) is 12.2 Å². The van der Waals surface area contributed by atoms with E-state index in [0.29, 0.717) is 0 Å². The van der Waals surface area contributed by atoms with Crippen LogP contribution in [0.2, 0.25) is 0 Å². The fourth-order valence-electron chi connectivity index (χ4n) is 0.412. The third-order valence-electron chi connectivity index (χ3n) is 0.919. The summed E-state index contributed by atoms with van der Waals surface area (Å²) in [6.45, 7) is 0.405. The molecule has 12 heavy (non-hydrogen) atoms. The van der Waals surface area contributed by atoms with E-state index < -0.39 is 11.9 Å². The standard InChI is InChI=1S/C7H11NO4/c1-11-6(9)2-3-7(10)12-5-4-8/h2-3H,4-5,8H2,1H3/b3-2-. The van der Waals surface area contributed by atoms with Crippen LogP contribution in [-0.4, -0.2) is 32.2 Å². The smallest absolute Gasteiger partial charge is 0.331 e. The van der Waals surface area contributed by atoms with E-state index in [0.717, 1.165) is 12.2 Å². The molecule has 0 atom stereocenters. The van der Waals surface area contributed by atoms with Crippen LogP contribution in [-0.2, 0) is 19.1 Å². The molecule has 0 saturated carbocycles. The minimum atomic E-state index is -0.606. The topological polar surface area (TPSA) is 78.6 Å². The normalized spacial score (nSPS) is 9.83. The van der Waals surface area contributed by atoms with Gasteiger partial charge >= 0.3 is 11.9 Å². The summed E-state index contributed by atoms with van der Waals surface area (Å²) in [7, 11) is 1.22. The molecule has 0 amide bonds. The molecule has 0 aromatic heterocycles. The largest absolute Gasteiger partial charge is 0.466 e. The van der Waals surface area contributed by atoms with Crippen molar-refractivity contribution >= 4 is 11.9 Å². The maximum atomic E-state index is 10.6. The van der Waals surface area contributed by atoms with Gasteiger partial charge in [-0.3, -0.25) is 0 Å². The second-order valence-electron chi connectivity index (χ2n) is 1.81. The monoisotopic (exact) mass is 173 g/mol. The van der Waals surface area contributed by atoms with Crippen molar-refractivity contribution in [2.24, 2.45) is 5.73 Å². The average molecular weight is 173 g/mol. The number of ether oxygens (including phenoxy) is 2. The first kappa shape index (κ1) is 10.6. The summed E-state index contributed by atoms with van der Waals surface area (Å²) in [6.07, 6.45) is 1.97. The average Bonchev–Trinajstić information content (AvgIpc) is 2.10. The molecule has 0 radical (unpaired) electrons. The lowest BCUT2D eigenvalue weighted by Gasteiger charge is -1.96. The third kappa shape index (κ3) is 5.43. The molecule has 0 unspecified atom stereocenters. The number of esters is 2. The minimum Gasteiger partial charge on any atom is -0.466 e. The molecular weight excluding hydrogens is 162 g/mol. The lowest BCUT2D eigenvalue weighted by atomic mass is 10.5. The number of rotatable bonds is 4. The fourth-order valence-corrected chi connectivity index (χ4v) is 0.412. The molecule has 0 heterocycles. The van der Waals surface area contributed by atoms with Gasteiger partial charge in [-0.25, -0.2) is 9.59 Å². The predicted molar refractivity (Wildman–Crippen MR) is 41.2 cm³/mol. The van der Waals surface area contributed by atoms with Crippen LogP contribution < -0.4 is 5.73 Å². The second kappa shape index (κ2) is 6.36. The Bertz CT molecular complexity index is 188.